The summed E-state index contributed by atoms with van der Waals surface area (Å²) in [6, 6.07) is 5.26. The van der Waals surface area contributed by atoms with Crippen LogP contribution in [0.3, 0.4) is 0 Å². The predicted octanol–water partition coefficient (Wildman–Crippen LogP) is 2.41. The van der Waals surface area contributed by atoms with Crippen LogP contribution in [-0.2, 0) is 4.79 Å². The van der Waals surface area contributed by atoms with Gasteiger partial charge in [0, 0.05) is 15.6 Å². The fourth-order valence-electron chi connectivity index (χ4n) is 1.10. The highest BCUT2D eigenvalue weighted by atomic mass is 35.5. The third-order valence-electron chi connectivity index (χ3n) is 1.79. The van der Waals surface area contributed by atoms with Gasteiger partial charge in [0.2, 0.25) is 5.91 Å². The van der Waals surface area contributed by atoms with Crippen molar-refractivity contribution in [1.82, 2.24) is 5.32 Å². The summed E-state index contributed by atoms with van der Waals surface area (Å²) in [6.45, 7) is 1.88. The van der Waals surface area contributed by atoms with Crippen LogP contribution >= 0.6 is 36.0 Å². The first-order valence-electron chi connectivity index (χ1n) is 4.65. The standard InChI is InChI=1S/C10H13ClN2OS2/c1-6(13-10(14)5-15)16-9-4-7(11)2-3-8(9)12/h2-4,6,15H,5,12H2,1H3,(H,13,14). The monoisotopic (exact) mass is 276 g/mol. The average Bonchev–Trinajstić information content (AvgIpc) is 2.23. The number of carbonyl (C=O) groups is 1. The van der Waals surface area contributed by atoms with E-state index in [2.05, 4.69) is 17.9 Å². The first-order valence-corrected chi connectivity index (χ1v) is 6.54. The Morgan fingerprint density at radius 2 is 2.38 bits per heavy atom. The summed E-state index contributed by atoms with van der Waals surface area (Å²) in [7, 11) is 0. The predicted molar refractivity (Wildman–Crippen MR) is 73.2 cm³/mol. The molecule has 0 radical (unpaired) electrons. The normalized spacial score (nSPS) is 12.2. The molecule has 16 heavy (non-hydrogen) atoms. The third kappa shape index (κ3) is 4.15. The number of anilines is 1. The molecule has 88 valence electrons. The number of halogens is 1. The second-order valence-corrected chi connectivity index (χ2v) is 5.30. The van der Waals surface area contributed by atoms with E-state index in [0.29, 0.717) is 10.7 Å². The second-order valence-electron chi connectivity index (χ2n) is 3.17. The van der Waals surface area contributed by atoms with Crippen LogP contribution in [0.15, 0.2) is 23.1 Å². The number of thiol groups is 1. The van der Waals surface area contributed by atoms with Gasteiger partial charge in [-0.1, -0.05) is 23.4 Å². The van der Waals surface area contributed by atoms with E-state index >= 15 is 0 Å². The Bertz CT molecular complexity index is 387. The molecule has 0 spiro atoms. The molecule has 1 aromatic carbocycles. The van der Waals surface area contributed by atoms with E-state index in [1.165, 1.54) is 11.8 Å². The maximum absolute atomic E-state index is 11.1. The van der Waals surface area contributed by atoms with Crippen molar-refractivity contribution in [2.45, 2.75) is 17.2 Å². The van der Waals surface area contributed by atoms with E-state index in [1.54, 1.807) is 18.2 Å². The number of carbonyl (C=O) groups excluding carboxylic acids is 1. The van der Waals surface area contributed by atoms with Crippen molar-refractivity contribution in [2.75, 3.05) is 11.5 Å². The van der Waals surface area contributed by atoms with E-state index in [1.807, 2.05) is 6.92 Å². The van der Waals surface area contributed by atoms with Crippen LogP contribution in [0.5, 0.6) is 0 Å². The molecule has 0 saturated heterocycles. The molecule has 1 rings (SSSR count). The minimum atomic E-state index is -0.107. The summed E-state index contributed by atoms with van der Waals surface area (Å²) in [5.74, 6) is 0.0690. The van der Waals surface area contributed by atoms with Gasteiger partial charge < -0.3 is 11.1 Å². The molecule has 0 heterocycles. The van der Waals surface area contributed by atoms with Gasteiger partial charge >= 0.3 is 0 Å². The zero-order valence-electron chi connectivity index (χ0n) is 8.74. The van der Waals surface area contributed by atoms with Crippen LogP contribution in [0.2, 0.25) is 5.02 Å². The van der Waals surface area contributed by atoms with Crippen molar-refractivity contribution < 1.29 is 4.79 Å². The minimum absolute atomic E-state index is 0.0691. The Morgan fingerprint density at radius 1 is 1.69 bits per heavy atom. The molecule has 0 saturated carbocycles. The fraction of sp³-hybridized carbons (Fsp3) is 0.300. The topological polar surface area (TPSA) is 55.1 Å². The number of nitrogens with one attached hydrogen (secondary N) is 1. The first-order chi connectivity index (χ1) is 7.52. The molecule has 0 aliphatic carbocycles. The Hall–Kier alpha value is -0.520. The van der Waals surface area contributed by atoms with Gasteiger partial charge in [0.25, 0.3) is 0 Å². The fourth-order valence-corrected chi connectivity index (χ4v) is 2.40. The lowest BCUT2D eigenvalue weighted by molar-refractivity contribution is -0.118. The molecule has 1 atom stereocenters. The highest BCUT2D eigenvalue weighted by molar-refractivity contribution is 8.00. The van der Waals surface area contributed by atoms with Gasteiger partial charge in [-0.25, -0.2) is 0 Å². The molecule has 0 aromatic heterocycles. The van der Waals surface area contributed by atoms with Gasteiger partial charge in [0.15, 0.2) is 0 Å². The summed E-state index contributed by atoms with van der Waals surface area (Å²) < 4.78 is 0. The lowest BCUT2D eigenvalue weighted by atomic mass is 10.3. The van der Waals surface area contributed by atoms with E-state index in [4.69, 9.17) is 17.3 Å². The van der Waals surface area contributed by atoms with E-state index in [-0.39, 0.29) is 17.0 Å². The van der Waals surface area contributed by atoms with E-state index in [9.17, 15) is 4.79 Å². The number of benzene rings is 1. The van der Waals surface area contributed by atoms with Gasteiger partial charge in [-0.05, 0) is 25.1 Å². The zero-order valence-corrected chi connectivity index (χ0v) is 11.2. The number of amides is 1. The van der Waals surface area contributed by atoms with Crippen LogP contribution in [0.4, 0.5) is 5.69 Å². The molecule has 3 nitrogen and oxygen atoms in total. The molecular formula is C10H13ClN2OS2. The number of rotatable bonds is 4. The van der Waals surface area contributed by atoms with Crippen molar-refractivity contribution in [3.8, 4) is 0 Å². The Labute approximate surface area is 110 Å². The molecular weight excluding hydrogens is 264 g/mol. The highest BCUT2D eigenvalue weighted by Crippen LogP contribution is 2.30. The van der Waals surface area contributed by atoms with Crippen molar-refractivity contribution in [1.29, 1.82) is 0 Å². The Morgan fingerprint density at radius 3 is 3.00 bits per heavy atom. The van der Waals surface area contributed by atoms with E-state index in [0.717, 1.165) is 4.90 Å². The number of thioether (sulfide) groups is 1. The summed E-state index contributed by atoms with van der Waals surface area (Å²) in [6.07, 6.45) is 0. The Kier molecular flexibility index (Phi) is 5.31. The molecule has 1 unspecified atom stereocenters. The van der Waals surface area contributed by atoms with Crippen molar-refractivity contribution in [3.63, 3.8) is 0 Å². The summed E-state index contributed by atoms with van der Waals surface area (Å²) >= 11 is 11.2. The quantitative estimate of drug-likeness (QED) is 0.343. The van der Waals surface area contributed by atoms with Gasteiger partial charge in [0.1, 0.15) is 0 Å². The molecule has 0 aliphatic rings. The Balaban J connectivity index is 2.65. The average molecular weight is 277 g/mol. The van der Waals surface area contributed by atoms with Crippen LogP contribution in [-0.4, -0.2) is 17.0 Å². The summed E-state index contributed by atoms with van der Waals surface area (Å²) in [5.41, 5.74) is 6.45. The van der Waals surface area contributed by atoms with Crippen LogP contribution in [0.25, 0.3) is 0 Å². The molecule has 3 N–H and O–H groups in total. The smallest absolute Gasteiger partial charge is 0.230 e. The van der Waals surface area contributed by atoms with Crippen LogP contribution < -0.4 is 11.1 Å². The lowest BCUT2D eigenvalue weighted by Crippen LogP contribution is -2.31. The van der Waals surface area contributed by atoms with Gasteiger partial charge in [-0.15, -0.1) is 0 Å². The summed E-state index contributed by atoms with van der Waals surface area (Å²) in [4.78, 5) is 12.0. The number of hydrogen-bond acceptors (Lipinski definition) is 4. The van der Waals surface area contributed by atoms with Gasteiger partial charge in [-0.3, -0.25) is 4.79 Å². The SMILES string of the molecule is CC(NC(=O)CS)Sc1cc(Cl)ccc1N. The molecule has 0 aliphatic heterocycles. The van der Waals surface area contributed by atoms with Crippen molar-refractivity contribution in [2.24, 2.45) is 0 Å². The van der Waals surface area contributed by atoms with Crippen LogP contribution in [0, 0.1) is 0 Å². The number of nitrogens with two attached hydrogens (primary N) is 1. The van der Waals surface area contributed by atoms with Gasteiger partial charge in [-0.2, -0.15) is 12.6 Å². The minimum Gasteiger partial charge on any atom is -0.398 e. The molecule has 1 aromatic rings. The third-order valence-corrected chi connectivity index (χ3v) is 3.39. The molecule has 1 amide bonds. The highest BCUT2D eigenvalue weighted by Gasteiger charge is 2.09. The molecule has 6 heteroatoms. The summed E-state index contributed by atoms with van der Waals surface area (Å²) in [5, 5.41) is 3.33. The zero-order chi connectivity index (χ0) is 12.1. The maximum atomic E-state index is 11.1. The number of nitrogen functional groups attached to an aromatic ring is 1. The first kappa shape index (κ1) is 13.5. The largest absolute Gasteiger partial charge is 0.398 e. The molecule has 0 fully saturated rings. The van der Waals surface area contributed by atoms with Crippen molar-refractivity contribution in [3.05, 3.63) is 23.2 Å². The van der Waals surface area contributed by atoms with Crippen LogP contribution in [0.1, 0.15) is 6.92 Å². The lowest BCUT2D eigenvalue weighted by Gasteiger charge is -2.14. The van der Waals surface area contributed by atoms with E-state index < -0.39 is 0 Å². The van der Waals surface area contributed by atoms with Crippen molar-refractivity contribution >= 4 is 47.6 Å². The maximum Gasteiger partial charge on any atom is 0.230 e. The second kappa shape index (κ2) is 6.27. The number of hydrogen-bond donors (Lipinski definition) is 3. The van der Waals surface area contributed by atoms with Gasteiger partial charge in [0.05, 0.1) is 11.1 Å². The molecule has 0 bridgehead atoms.